The summed E-state index contributed by atoms with van der Waals surface area (Å²) in [5.41, 5.74) is 6.11. The molecular weight excluding hydrogens is 248 g/mol. The molecule has 0 radical (unpaired) electrons. The zero-order valence-corrected chi connectivity index (χ0v) is 11.7. The molecule has 1 fully saturated rings. The van der Waals surface area contributed by atoms with E-state index in [2.05, 4.69) is 6.92 Å². The zero-order valence-electron chi connectivity index (χ0n) is 10.8. The summed E-state index contributed by atoms with van der Waals surface area (Å²) in [4.78, 5) is 0.228. The summed E-state index contributed by atoms with van der Waals surface area (Å²) < 4.78 is 26.8. The summed E-state index contributed by atoms with van der Waals surface area (Å²) in [6.45, 7) is 4.66. The van der Waals surface area contributed by atoms with E-state index in [-0.39, 0.29) is 10.9 Å². The summed E-state index contributed by atoms with van der Waals surface area (Å²) in [5.74, 6) is 0.387. The molecule has 1 aromatic rings. The fourth-order valence-electron chi connectivity index (χ4n) is 2.48. The lowest BCUT2D eigenvalue weighted by atomic mass is 9.94. The average Bonchev–Trinajstić information content (AvgIpc) is 2.32. The lowest BCUT2D eigenvalue weighted by Crippen LogP contribution is -2.46. The summed E-state index contributed by atoms with van der Waals surface area (Å²) in [6, 6.07) is 6.70. The van der Waals surface area contributed by atoms with Crippen LogP contribution in [0.2, 0.25) is 0 Å². The lowest BCUT2D eigenvalue weighted by molar-refractivity contribution is 0.202. The topological polar surface area (TPSA) is 63.4 Å². The van der Waals surface area contributed by atoms with E-state index in [1.807, 2.05) is 6.92 Å². The Morgan fingerprint density at radius 2 is 1.94 bits per heavy atom. The van der Waals surface area contributed by atoms with E-state index in [4.69, 9.17) is 5.73 Å². The molecule has 0 aliphatic carbocycles. The summed E-state index contributed by atoms with van der Waals surface area (Å²) >= 11 is 0. The standard InChI is InChI=1S/C13H20N2O2S/c1-10-6-5-9-15(11(10)2)18(16,17)13-8-4-3-7-12(13)14/h3-4,7-8,10-11H,5-6,9,14H2,1-2H3. The van der Waals surface area contributed by atoms with Crippen molar-refractivity contribution >= 4 is 15.7 Å². The highest BCUT2D eigenvalue weighted by Crippen LogP contribution is 2.30. The second kappa shape index (κ2) is 4.90. The Hall–Kier alpha value is -1.07. The van der Waals surface area contributed by atoms with Gasteiger partial charge in [0.05, 0.1) is 5.69 Å². The molecule has 0 aromatic heterocycles. The highest BCUT2D eigenvalue weighted by Gasteiger charge is 2.35. The number of para-hydroxylation sites is 1. The molecule has 0 amide bonds. The van der Waals surface area contributed by atoms with Gasteiger partial charge in [-0.1, -0.05) is 19.1 Å². The predicted octanol–water partition coefficient (Wildman–Crippen LogP) is 2.08. The first-order valence-electron chi connectivity index (χ1n) is 6.31. The van der Waals surface area contributed by atoms with Gasteiger partial charge in [0, 0.05) is 12.6 Å². The zero-order chi connectivity index (χ0) is 13.3. The Morgan fingerprint density at radius 3 is 2.61 bits per heavy atom. The Labute approximate surface area is 109 Å². The van der Waals surface area contributed by atoms with Crippen LogP contribution in [0.1, 0.15) is 26.7 Å². The Morgan fingerprint density at radius 1 is 1.28 bits per heavy atom. The monoisotopic (exact) mass is 268 g/mol. The Bertz CT molecular complexity index is 528. The van der Waals surface area contributed by atoms with Gasteiger partial charge in [-0.3, -0.25) is 0 Å². The third-order valence-corrected chi connectivity index (χ3v) is 5.88. The van der Waals surface area contributed by atoms with Crippen molar-refractivity contribution in [3.8, 4) is 0 Å². The SMILES string of the molecule is CC1CCCN(S(=O)(=O)c2ccccc2N)C1C. The van der Waals surface area contributed by atoms with Gasteiger partial charge in [0.1, 0.15) is 4.90 Å². The molecule has 1 aromatic carbocycles. The number of benzene rings is 1. The first-order valence-corrected chi connectivity index (χ1v) is 7.75. The minimum Gasteiger partial charge on any atom is -0.398 e. The molecule has 1 saturated heterocycles. The number of sulfonamides is 1. The molecule has 5 heteroatoms. The fourth-order valence-corrected chi connectivity index (χ4v) is 4.36. The minimum absolute atomic E-state index is 0.0309. The van der Waals surface area contributed by atoms with Gasteiger partial charge in [0.25, 0.3) is 0 Å². The van der Waals surface area contributed by atoms with E-state index >= 15 is 0 Å². The van der Waals surface area contributed by atoms with Gasteiger partial charge >= 0.3 is 0 Å². The van der Waals surface area contributed by atoms with Crippen LogP contribution in [0, 0.1) is 5.92 Å². The first kappa shape index (κ1) is 13.4. The van der Waals surface area contributed by atoms with Crippen LogP contribution in [-0.2, 0) is 10.0 Å². The van der Waals surface area contributed by atoms with Crippen molar-refractivity contribution in [1.29, 1.82) is 0 Å². The predicted molar refractivity (Wildman–Crippen MR) is 72.6 cm³/mol. The maximum atomic E-state index is 12.6. The van der Waals surface area contributed by atoms with E-state index < -0.39 is 10.0 Å². The van der Waals surface area contributed by atoms with Crippen molar-refractivity contribution in [3.05, 3.63) is 24.3 Å². The third-order valence-electron chi connectivity index (χ3n) is 3.82. The van der Waals surface area contributed by atoms with Crippen LogP contribution in [0.4, 0.5) is 5.69 Å². The first-order chi connectivity index (χ1) is 8.44. The molecule has 4 nitrogen and oxygen atoms in total. The molecule has 1 aliphatic rings. The normalized spacial score (nSPS) is 26.1. The number of hydrogen-bond donors (Lipinski definition) is 1. The van der Waals surface area contributed by atoms with Gasteiger partial charge in [-0.25, -0.2) is 8.42 Å². The summed E-state index contributed by atoms with van der Waals surface area (Å²) in [6.07, 6.45) is 1.99. The van der Waals surface area contributed by atoms with Gasteiger partial charge in [0.15, 0.2) is 0 Å². The maximum absolute atomic E-state index is 12.6. The van der Waals surface area contributed by atoms with Crippen LogP contribution in [0.5, 0.6) is 0 Å². The van der Waals surface area contributed by atoms with Gasteiger partial charge in [-0.05, 0) is 37.8 Å². The second-order valence-corrected chi connectivity index (χ2v) is 6.87. The number of nitrogens with two attached hydrogens (primary N) is 1. The Kier molecular flexibility index (Phi) is 3.64. The number of piperidine rings is 1. The summed E-state index contributed by atoms with van der Waals surface area (Å²) in [5, 5.41) is 0. The van der Waals surface area contributed by atoms with Crippen molar-refractivity contribution in [2.45, 2.75) is 37.6 Å². The minimum atomic E-state index is -3.47. The van der Waals surface area contributed by atoms with Crippen molar-refractivity contribution in [2.75, 3.05) is 12.3 Å². The molecule has 18 heavy (non-hydrogen) atoms. The summed E-state index contributed by atoms with van der Waals surface area (Å²) in [7, 11) is -3.47. The van der Waals surface area contributed by atoms with E-state index in [0.717, 1.165) is 12.8 Å². The van der Waals surface area contributed by atoms with Gasteiger partial charge in [-0.2, -0.15) is 4.31 Å². The van der Waals surface area contributed by atoms with Crippen LogP contribution >= 0.6 is 0 Å². The smallest absolute Gasteiger partial charge is 0.245 e. The molecule has 0 spiro atoms. The van der Waals surface area contributed by atoms with Gasteiger partial charge < -0.3 is 5.73 Å². The van der Waals surface area contributed by atoms with Gasteiger partial charge in [0.2, 0.25) is 10.0 Å². The molecule has 1 heterocycles. The largest absolute Gasteiger partial charge is 0.398 e. The van der Waals surface area contributed by atoms with Crippen LogP contribution in [0.15, 0.2) is 29.2 Å². The molecule has 0 saturated carbocycles. The highest BCUT2D eigenvalue weighted by atomic mass is 32.2. The lowest BCUT2D eigenvalue weighted by Gasteiger charge is -2.36. The number of rotatable bonds is 2. The molecule has 2 N–H and O–H groups in total. The maximum Gasteiger partial charge on any atom is 0.245 e. The molecule has 100 valence electrons. The fraction of sp³-hybridized carbons (Fsp3) is 0.538. The van der Waals surface area contributed by atoms with E-state index in [1.54, 1.807) is 28.6 Å². The molecule has 1 aliphatic heterocycles. The van der Waals surface area contributed by atoms with Crippen molar-refractivity contribution in [1.82, 2.24) is 4.31 Å². The number of nitrogens with zero attached hydrogens (tertiary/aromatic N) is 1. The van der Waals surface area contributed by atoms with Crippen LogP contribution in [0.25, 0.3) is 0 Å². The quantitative estimate of drug-likeness (QED) is 0.835. The number of anilines is 1. The van der Waals surface area contributed by atoms with Crippen LogP contribution in [-0.4, -0.2) is 25.3 Å². The van der Waals surface area contributed by atoms with E-state index in [1.165, 1.54) is 0 Å². The number of hydrogen-bond acceptors (Lipinski definition) is 3. The highest BCUT2D eigenvalue weighted by molar-refractivity contribution is 7.89. The van der Waals surface area contributed by atoms with Crippen molar-refractivity contribution < 1.29 is 8.42 Å². The molecule has 2 unspecified atom stereocenters. The van der Waals surface area contributed by atoms with Crippen molar-refractivity contribution in [2.24, 2.45) is 5.92 Å². The van der Waals surface area contributed by atoms with Crippen LogP contribution in [0.3, 0.4) is 0 Å². The van der Waals surface area contributed by atoms with E-state index in [0.29, 0.717) is 18.2 Å². The van der Waals surface area contributed by atoms with E-state index in [9.17, 15) is 8.42 Å². The molecule has 2 rings (SSSR count). The Balaban J connectivity index is 2.40. The second-order valence-electron chi connectivity index (χ2n) is 5.01. The molecular formula is C13H20N2O2S. The molecule has 2 atom stereocenters. The average molecular weight is 268 g/mol. The number of nitrogen functional groups attached to an aromatic ring is 1. The molecule has 0 bridgehead atoms. The van der Waals surface area contributed by atoms with Crippen molar-refractivity contribution in [3.63, 3.8) is 0 Å². The van der Waals surface area contributed by atoms with Gasteiger partial charge in [-0.15, -0.1) is 0 Å². The van der Waals surface area contributed by atoms with Crippen LogP contribution < -0.4 is 5.73 Å². The third kappa shape index (κ3) is 2.24.